The maximum absolute atomic E-state index is 12.3. The zero-order valence-electron chi connectivity index (χ0n) is 14.8. The molecule has 0 saturated heterocycles. The van der Waals surface area contributed by atoms with Gasteiger partial charge in [-0.05, 0) is 42.3 Å². The summed E-state index contributed by atoms with van der Waals surface area (Å²) in [5.41, 5.74) is 3.27. The molecule has 4 aromatic rings. The van der Waals surface area contributed by atoms with E-state index in [0.29, 0.717) is 17.3 Å². The molecule has 0 atom stereocenters. The molecule has 0 radical (unpaired) electrons. The van der Waals surface area contributed by atoms with E-state index in [0.717, 1.165) is 16.8 Å². The number of nitrogens with one attached hydrogen (secondary N) is 1. The molecule has 0 aliphatic rings. The lowest BCUT2D eigenvalue weighted by molar-refractivity contribution is 0.0907. The summed E-state index contributed by atoms with van der Waals surface area (Å²) < 4.78 is 6.62. The second kappa shape index (κ2) is 7.61. The molecule has 2 heterocycles. The fourth-order valence-corrected chi connectivity index (χ4v) is 2.69. The van der Waals surface area contributed by atoms with Crippen LogP contribution in [0.15, 0.2) is 59.3 Å². The summed E-state index contributed by atoms with van der Waals surface area (Å²) >= 11 is 5.89. The van der Waals surface area contributed by atoms with Crippen LogP contribution in [0.1, 0.15) is 21.8 Å². The highest BCUT2D eigenvalue weighted by atomic mass is 35.5. The summed E-state index contributed by atoms with van der Waals surface area (Å²) in [6.07, 6.45) is 1.64. The summed E-state index contributed by atoms with van der Waals surface area (Å²) in [5.74, 6) is -0.405. The van der Waals surface area contributed by atoms with Crippen LogP contribution in [0.25, 0.3) is 17.2 Å². The second-order valence-electron chi connectivity index (χ2n) is 6.06. The first-order chi connectivity index (χ1) is 13.6. The summed E-state index contributed by atoms with van der Waals surface area (Å²) in [7, 11) is 0. The van der Waals surface area contributed by atoms with Crippen molar-refractivity contribution in [2.45, 2.75) is 13.5 Å². The molecule has 2 aromatic heterocycles. The SMILES string of the molecule is Cc1ccccc1CNC(=O)c1nc(-c2cn(-c3ccc(Cl)cc3)nn2)no1. The van der Waals surface area contributed by atoms with Gasteiger partial charge in [0, 0.05) is 11.6 Å². The Labute approximate surface area is 165 Å². The van der Waals surface area contributed by atoms with E-state index < -0.39 is 5.91 Å². The maximum atomic E-state index is 12.3. The van der Waals surface area contributed by atoms with Crippen LogP contribution in [0.5, 0.6) is 0 Å². The first-order valence-corrected chi connectivity index (χ1v) is 8.83. The molecule has 0 aliphatic carbocycles. The minimum Gasteiger partial charge on any atom is -0.344 e. The molecule has 9 heteroatoms. The van der Waals surface area contributed by atoms with Crippen LogP contribution in [-0.4, -0.2) is 31.0 Å². The van der Waals surface area contributed by atoms with Gasteiger partial charge in [-0.25, -0.2) is 4.68 Å². The van der Waals surface area contributed by atoms with Crippen molar-refractivity contribution >= 4 is 17.5 Å². The lowest BCUT2D eigenvalue weighted by atomic mass is 10.1. The van der Waals surface area contributed by atoms with E-state index >= 15 is 0 Å². The lowest BCUT2D eigenvalue weighted by Crippen LogP contribution is -2.23. The van der Waals surface area contributed by atoms with E-state index in [1.165, 1.54) is 0 Å². The number of carbonyl (C=O) groups excluding carboxylic acids is 1. The summed E-state index contributed by atoms with van der Waals surface area (Å²) in [4.78, 5) is 16.4. The van der Waals surface area contributed by atoms with Crippen LogP contribution >= 0.6 is 11.6 Å². The molecule has 0 bridgehead atoms. The fourth-order valence-electron chi connectivity index (χ4n) is 2.57. The molecular formula is C19H15ClN6O2. The Hall–Kier alpha value is -3.52. The summed E-state index contributed by atoms with van der Waals surface area (Å²) in [6.45, 7) is 2.35. The van der Waals surface area contributed by atoms with Crippen molar-refractivity contribution in [3.05, 3.63) is 76.8 Å². The van der Waals surface area contributed by atoms with Crippen molar-refractivity contribution in [2.75, 3.05) is 0 Å². The molecular weight excluding hydrogens is 380 g/mol. The number of halogens is 1. The van der Waals surface area contributed by atoms with Crippen LogP contribution < -0.4 is 5.32 Å². The van der Waals surface area contributed by atoms with Gasteiger partial charge in [0.1, 0.15) is 0 Å². The average Bonchev–Trinajstić information content (AvgIpc) is 3.37. The molecule has 0 aliphatic heterocycles. The second-order valence-corrected chi connectivity index (χ2v) is 6.49. The molecule has 28 heavy (non-hydrogen) atoms. The van der Waals surface area contributed by atoms with E-state index in [9.17, 15) is 4.79 Å². The highest BCUT2D eigenvalue weighted by Crippen LogP contribution is 2.16. The topological polar surface area (TPSA) is 98.7 Å². The van der Waals surface area contributed by atoms with Gasteiger partial charge >= 0.3 is 11.8 Å². The lowest BCUT2D eigenvalue weighted by Gasteiger charge is -2.05. The Morgan fingerprint density at radius 3 is 2.75 bits per heavy atom. The third kappa shape index (κ3) is 3.77. The zero-order valence-corrected chi connectivity index (χ0v) is 15.6. The van der Waals surface area contributed by atoms with Crippen molar-refractivity contribution in [1.29, 1.82) is 0 Å². The third-order valence-corrected chi connectivity index (χ3v) is 4.39. The van der Waals surface area contributed by atoms with E-state index in [1.54, 1.807) is 23.0 Å². The van der Waals surface area contributed by atoms with Gasteiger partial charge in [0.05, 0.1) is 11.9 Å². The number of rotatable bonds is 5. The van der Waals surface area contributed by atoms with Crippen molar-refractivity contribution in [3.63, 3.8) is 0 Å². The predicted octanol–water partition coefficient (Wildman–Crippen LogP) is 3.21. The molecule has 1 N–H and O–H groups in total. The molecule has 0 saturated carbocycles. The Morgan fingerprint density at radius 2 is 1.96 bits per heavy atom. The number of amides is 1. The smallest absolute Gasteiger partial charge is 0.316 e. The highest BCUT2D eigenvalue weighted by molar-refractivity contribution is 6.30. The molecule has 2 aromatic carbocycles. The van der Waals surface area contributed by atoms with Gasteiger partial charge in [-0.2, -0.15) is 4.98 Å². The first kappa shape index (κ1) is 17.9. The van der Waals surface area contributed by atoms with Crippen LogP contribution in [0.2, 0.25) is 5.02 Å². The van der Waals surface area contributed by atoms with Crippen LogP contribution in [0.3, 0.4) is 0 Å². The molecule has 140 valence electrons. The Balaban J connectivity index is 1.46. The van der Waals surface area contributed by atoms with E-state index in [2.05, 4.69) is 25.8 Å². The van der Waals surface area contributed by atoms with Gasteiger partial charge in [0.15, 0.2) is 5.69 Å². The van der Waals surface area contributed by atoms with Crippen molar-refractivity contribution < 1.29 is 9.32 Å². The number of hydrogen-bond donors (Lipinski definition) is 1. The quantitative estimate of drug-likeness (QED) is 0.558. The number of aromatic nitrogens is 5. The Bertz CT molecular complexity index is 1120. The highest BCUT2D eigenvalue weighted by Gasteiger charge is 2.18. The van der Waals surface area contributed by atoms with Crippen LogP contribution in [0, 0.1) is 6.92 Å². The van der Waals surface area contributed by atoms with Gasteiger partial charge in [0.2, 0.25) is 5.82 Å². The summed E-state index contributed by atoms with van der Waals surface area (Å²) in [6, 6.07) is 14.9. The minimum absolute atomic E-state index is 0.135. The number of nitrogens with zero attached hydrogens (tertiary/aromatic N) is 5. The summed E-state index contributed by atoms with van der Waals surface area (Å²) in [5, 5.41) is 15.3. The van der Waals surface area contributed by atoms with E-state index in [-0.39, 0.29) is 11.7 Å². The van der Waals surface area contributed by atoms with Crippen molar-refractivity contribution in [2.24, 2.45) is 0 Å². The van der Waals surface area contributed by atoms with E-state index in [4.69, 9.17) is 16.1 Å². The molecule has 0 fully saturated rings. The van der Waals surface area contributed by atoms with Crippen molar-refractivity contribution in [3.8, 4) is 17.2 Å². The monoisotopic (exact) mass is 394 g/mol. The Kier molecular flexibility index (Phi) is 4.86. The van der Waals surface area contributed by atoms with Crippen molar-refractivity contribution in [1.82, 2.24) is 30.5 Å². The molecule has 8 nitrogen and oxygen atoms in total. The average molecular weight is 395 g/mol. The molecule has 0 spiro atoms. The fraction of sp³-hybridized carbons (Fsp3) is 0.105. The van der Waals surface area contributed by atoms with Crippen LogP contribution in [0.4, 0.5) is 0 Å². The standard InChI is InChI=1S/C19H15ClN6O2/c1-12-4-2-3-5-13(12)10-21-18(27)19-22-17(24-28-19)16-11-26(25-23-16)15-8-6-14(20)7-9-15/h2-9,11H,10H2,1H3,(H,21,27). The van der Waals surface area contributed by atoms with Crippen LogP contribution in [-0.2, 0) is 6.54 Å². The zero-order chi connectivity index (χ0) is 19.5. The number of hydrogen-bond acceptors (Lipinski definition) is 6. The molecule has 1 amide bonds. The van der Waals surface area contributed by atoms with Gasteiger partial charge in [0.25, 0.3) is 0 Å². The van der Waals surface area contributed by atoms with Gasteiger partial charge in [-0.1, -0.05) is 46.2 Å². The number of benzene rings is 2. The Morgan fingerprint density at radius 1 is 1.18 bits per heavy atom. The maximum Gasteiger partial charge on any atom is 0.316 e. The largest absolute Gasteiger partial charge is 0.344 e. The van der Waals surface area contributed by atoms with Gasteiger partial charge in [-0.15, -0.1) is 5.10 Å². The normalized spacial score (nSPS) is 10.8. The predicted molar refractivity (Wildman–Crippen MR) is 102 cm³/mol. The van der Waals surface area contributed by atoms with Gasteiger partial charge < -0.3 is 9.84 Å². The molecule has 4 rings (SSSR count). The molecule has 0 unspecified atom stereocenters. The van der Waals surface area contributed by atoms with E-state index in [1.807, 2.05) is 43.3 Å². The van der Waals surface area contributed by atoms with Gasteiger partial charge in [-0.3, -0.25) is 4.79 Å². The number of carbonyl (C=O) groups is 1. The number of aryl methyl sites for hydroxylation is 1. The third-order valence-electron chi connectivity index (χ3n) is 4.13. The first-order valence-electron chi connectivity index (χ1n) is 8.45. The minimum atomic E-state index is -0.452.